The van der Waals surface area contributed by atoms with Gasteiger partial charge in [-0.1, -0.05) is 50.2 Å². The minimum absolute atomic E-state index is 0.0514. The largest absolute Gasteiger partial charge is 0.490 e. The van der Waals surface area contributed by atoms with Gasteiger partial charge in [0.15, 0.2) is 11.5 Å². The van der Waals surface area contributed by atoms with Crippen molar-refractivity contribution in [3.63, 3.8) is 0 Å². The third-order valence-electron chi connectivity index (χ3n) is 3.80. The van der Waals surface area contributed by atoms with Crippen molar-refractivity contribution in [1.29, 1.82) is 0 Å². The van der Waals surface area contributed by atoms with Crippen LogP contribution >= 0.6 is 0 Å². The normalized spacial score (nSPS) is 10.3. The highest BCUT2D eigenvalue weighted by molar-refractivity contribution is 5.97. The predicted molar refractivity (Wildman–Crippen MR) is 92.2 cm³/mol. The highest BCUT2D eigenvalue weighted by Crippen LogP contribution is 2.19. The molecule has 23 heavy (non-hydrogen) atoms. The van der Waals surface area contributed by atoms with E-state index < -0.39 is 0 Å². The SMILES string of the molecule is [C-]#[N+]c1ccc(CC(=O)c2cccc(OC(CC)CC)c2)cc1. The lowest BCUT2D eigenvalue weighted by Gasteiger charge is -2.16. The molecule has 0 radical (unpaired) electrons. The van der Waals surface area contributed by atoms with E-state index in [1.54, 1.807) is 12.1 Å². The zero-order valence-corrected chi connectivity index (χ0v) is 13.6. The standard InChI is InChI=1S/C20H21NO2/c1-4-18(5-2)23-19-8-6-7-16(14-19)20(22)13-15-9-11-17(21-3)12-10-15/h6-12,14,18H,4-5,13H2,1-2H3. The second-order valence-corrected chi connectivity index (χ2v) is 5.46. The van der Waals surface area contributed by atoms with Crippen LogP contribution in [-0.4, -0.2) is 11.9 Å². The van der Waals surface area contributed by atoms with Gasteiger partial charge in [0.05, 0.1) is 12.7 Å². The number of benzene rings is 2. The van der Waals surface area contributed by atoms with E-state index in [1.807, 2.05) is 36.4 Å². The first kappa shape index (κ1) is 16.8. The van der Waals surface area contributed by atoms with E-state index in [0.29, 0.717) is 17.7 Å². The van der Waals surface area contributed by atoms with Crippen molar-refractivity contribution in [3.05, 3.63) is 71.1 Å². The van der Waals surface area contributed by atoms with Crippen molar-refractivity contribution in [3.8, 4) is 5.75 Å². The molecule has 0 heterocycles. The molecule has 0 atom stereocenters. The number of ether oxygens (including phenoxy) is 1. The Morgan fingerprint density at radius 3 is 2.43 bits per heavy atom. The molecule has 2 rings (SSSR count). The topological polar surface area (TPSA) is 30.7 Å². The maximum absolute atomic E-state index is 12.4. The number of ketones is 1. The Kier molecular flexibility index (Phi) is 5.94. The van der Waals surface area contributed by atoms with E-state index in [0.717, 1.165) is 24.2 Å². The number of rotatable bonds is 7. The van der Waals surface area contributed by atoms with Crippen LogP contribution in [0.25, 0.3) is 4.85 Å². The molecule has 0 unspecified atom stereocenters. The molecule has 0 amide bonds. The second-order valence-electron chi connectivity index (χ2n) is 5.46. The van der Waals surface area contributed by atoms with Gasteiger partial charge in [0.1, 0.15) is 5.75 Å². The first-order chi connectivity index (χ1) is 11.2. The summed E-state index contributed by atoms with van der Waals surface area (Å²) in [4.78, 5) is 15.8. The minimum Gasteiger partial charge on any atom is -0.490 e. The Balaban J connectivity index is 2.08. The quantitative estimate of drug-likeness (QED) is 0.518. The van der Waals surface area contributed by atoms with Gasteiger partial charge in [-0.05, 0) is 30.5 Å². The van der Waals surface area contributed by atoms with E-state index >= 15 is 0 Å². The molecule has 3 heteroatoms. The number of nitrogens with zero attached hydrogens (tertiary/aromatic N) is 1. The van der Waals surface area contributed by atoms with Crippen molar-refractivity contribution in [2.45, 2.75) is 39.2 Å². The van der Waals surface area contributed by atoms with Gasteiger partial charge in [-0.2, -0.15) is 0 Å². The molecule has 0 saturated carbocycles. The van der Waals surface area contributed by atoms with E-state index in [1.165, 1.54) is 0 Å². The maximum Gasteiger partial charge on any atom is 0.187 e. The third kappa shape index (κ3) is 4.69. The van der Waals surface area contributed by atoms with Crippen molar-refractivity contribution in [2.75, 3.05) is 0 Å². The summed E-state index contributed by atoms with van der Waals surface area (Å²) in [6.45, 7) is 11.1. The number of carbonyl (C=O) groups is 1. The van der Waals surface area contributed by atoms with Crippen LogP contribution in [0.2, 0.25) is 0 Å². The van der Waals surface area contributed by atoms with Crippen molar-refractivity contribution in [2.24, 2.45) is 0 Å². The fourth-order valence-electron chi connectivity index (χ4n) is 2.37. The lowest BCUT2D eigenvalue weighted by Crippen LogP contribution is -2.14. The first-order valence-corrected chi connectivity index (χ1v) is 7.92. The molecule has 0 saturated heterocycles. The Morgan fingerprint density at radius 1 is 1.13 bits per heavy atom. The van der Waals surface area contributed by atoms with Gasteiger partial charge in [0.2, 0.25) is 0 Å². The number of Topliss-reactive ketones (excluding diaryl/α,β-unsaturated/α-hetero) is 1. The molecule has 0 aromatic heterocycles. The predicted octanol–water partition coefficient (Wildman–Crippen LogP) is 5.23. The number of carbonyl (C=O) groups excluding carboxylic acids is 1. The molecule has 0 spiro atoms. The smallest absolute Gasteiger partial charge is 0.187 e. The molecule has 3 nitrogen and oxygen atoms in total. The van der Waals surface area contributed by atoms with Crippen molar-refractivity contribution < 1.29 is 9.53 Å². The average molecular weight is 307 g/mol. The van der Waals surface area contributed by atoms with Crippen LogP contribution in [0.15, 0.2) is 48.5 Å². The van der Waals surface area contributed by atoms with Gasteiger partial charge < -0.3 is 4.74 Å². The highest BCUT2D eigenvalue weighted by Gasteiger charge is 2.10. The molecular formula is C20H21NO2. The summed E-state index contributed by atoms with van der Waals surface area (Å²) in [6.07, 6.45) is 2.40. The van der Waals surface area contributed by atoms with E-state index in [2.05, 4.69) is 18.7 Å². The van der Waals surface area contributed by atoms with Gasteiger partial charge in [0.25, 0.3) is 0 Å². The Morgan fingerprint density at radius 2 is 1.83 bits per heavy atom. The number of hydrogen-bond acceptors (Lipinski definition) is 2. The van der Waals surface area contributed by atoms with Gasteiger partial charge in [0, 0.05) is 12.0 Å². The van der Waals surface area contributed by atoms with Crippen LogP contribution in [-0.2, 0) is 6.42 Å². The molecule has 0 N–H and O–H groups in total. The fraction of sp³-hybridized carbons (Fsp3) is 0.300. The summed E-state index contributed by atoms with van der Waals surface area (Å²) in [6, 6.07) is 14.5. The lowest BCUT2D eigenvalue weighted by atomic mass is 10.0. The van der Waals surface area contributed by atoms with E-state index in [4.69, 9.17) is 11.3 Å². The highest BCUT2D eigenvalue weighted by atomic mass is 16.5. The van der Waals surface area contributed by atoms with Crippen molar-refractivity contribution in [1.82, 2.24) is 0 Å². The van der Waals surface area contributed by atoms with Crippen LogP contribution in [0.1, 0.15) is 42.6 Å². The lowest BCUT2D eigenvalue weighted by molar-refractivity contribution is 0.0992. The zero-order valence-electron chi connectivity index (χ0n) is 13.6. The van der Waals surface area contributed by atoms with Crippen LogP contribution in [0.5, 0.6) is 5.75 Å². The molecule has 0 bridgehead atoms. The summed E-state index contributed by atoms with van der Waals surface area (Å²) in [7, 11) is 0. The molecule has 2 aromatic rings. The summed E-state index contributed by atoms with van der Waals surface area (Å²) in [5, 5.41) is 0. The molecule has 0 fully saturated rings. The average Bonchev–Trinajstić information content (AvgIpc) is 2.60. The van der Waals surface area contributed by atoms with E-state index in [-0.39, 0.29) is 11.9 Å². The van der Waals surface area contributed by atoms with E-state index in [9.17, 15) is 4.79 Å². The van der Waals surface area contributed by atoms with Gasteiger partial charge in [-0.3, -0.25) is 4.79 Å². The monoisotopic (exact) mass is 307 g/mol. The third-order valence-corrected chi connectivity index (χ3v) is 3.80. The Hall–Kier alpha value is -2.60. The van der Waals surface area contributed by atoms with Gasteiger partial charge in [-0.25, -0.2) is 4.85 Å². The van der Waals surface area contributed by atoms with Crippen LogP contribution in [0.4, 0.5) is 5.69 Å². The Bertz CT molecular complexity index is 694. The molecule has 118 valence electrons. The Labute approximate surface area is 137 Å². The molecule has 0 aliphatic carbocycles. The van der Waals surface area contributed by atoms with Crippen LogP contribution in [0, 0.1) is 6.57 Å². The fourth-order valence-corrected chi connectivity index (χ4v) is 2.37. The first-order valence-electron chi connectivity index (χ1n) is 7.92. The summed E-state index contributed by atoms with van der Waals surface area (Å²) < 4.78 is 5.90. The van der Waals surface area contributed by atoms with Crippen LogP contribution < -0.4 is 4.74 Å². The molecule has 0 aliphatic rings. The minimum atomic E-state index is 0.0514. The van der Waals surface area contributed by atoms with Gasteiger partial charge >= 0.3 is 0 Å². The molecular weight excluding hydrogens is 286 g/mol. The molecule has 0 aliphatic heterocycles. The van der Waals surface area contributed by atoms with Crippen LogP contribution in [0.3, 0.4) is 0 Å². The summed E-state index contributed by atoms with van der Waals surface area (Å²) >= 11 is 0. The maximum atomic E-state index is 12.4. The summed E-state index contributed by atoms with van der Waals surface area (Å²) in [5.41, 5.74) is 2.15. The second kappa shape index (κ2) is 8.14. The molecule has 2 aromatic carbocycles. The zero-order chi connectivity index (χ0) is 16.7. The van der Waals surface area contributed by atoms with Crippen molar-refractivity contribution >= 4 is 11.5 Å². The van der Waals surface area contributed by atoms with Gasteiger partial charge in [-0.15, -0.1) is 0 Å². The summed E-state index contributed by atoms with van der Waals surface area (Å²) in [5.74, 6) is 0.795. The number of hydrogen-bond donors (Lipinski definition) is 0.